The fourth-order valence-electron chi connectivity index (χ4n) is 1.63. The van der Waals surface area contributed by atoms with Gasteiger partial charge in [0, 0.05) is 17.1 Å². The van der Waals surface area contributed by atoms with Crippen LogP contribution in [-0.2, 0) is 6.54 Å². The van der Waals surface area contributed by atoms with Crippen LogP contribution in [0.15, 0.2) is 29.9 Å². The van der Waals surface area contributed by atoms with Crippen LogP contribution in [0.3, 0.4) is 0 Å². The molecule has 8 nitrogen and oxygen atoms in total. The predicted molar refractivity (Wildman–Crippen MR) is 74.2 cm³/mol. The molecule has 0 aliphatic carbocycles. The maximum atomic E-state index is 12.0. The van der Waals surface area contributed by atoms with E-state index in [0.29, 0.717) is 6.54 Å². The number of nitro groups is 1. The molecule has 4 N–H and O–H groups in total. The molecule has 2 aromatic rings. The number of rotatable bonds is 5. The summed E-state index contributed by atoms with van der Waals surface area (Å²) in [6.07, 6.45) is 1.64. The van der Waals surface area contributed by atoms with Gasteiger partial charge in [-0.3, -0.25) is 25.7 Å². The molecule has 0 radical (unpaired) electrons. The molecule has 0 saturated heterocycles. The van der Waals surface area contributed by atoms with Crippen molar-refractivity contribution in [1.82, 2.24) is 10.3 Å². The van der Waals surface area contributed by atoms with Gasteiger partial charge in [0.05, 0.1) is 22.5 Å². The molecule has 0 aliphatic rings. The van der Waals surface area contributed by atoms with E-state index in [1.54, 1.807) is 11.7 Å². The number of hydrogen-bond donors (Lipinski definition) is 3. The van der Waals surface area contributed by atoms with E-state index in [0.717, 1.165) is 4.88 Å². The van der Waals surface area contributed by atoms with E-state index in [-0.39, 0.29) is 16.9 Å². The number of anilines is 1. The molecule has 1 aromatic carbocycles. The Labute approximate surface area is 117 Å². The molecule has 9 heteroatoms. The Kier molecular flexibility index (Phi) is 4.23. The number of amides is 1. The summed E-state index contributed by atoms with van der Waals surface area (Å²) in [6.45, 7) is 0.302. The lowest BCUT2D eigenvalue weighted by Crippen LogP contribution is -2.24. The average Bonchev–Trinajstić information content (AvgIpc) is 2.97. The van der Waals surface area contributed by atoms with Gasteiger partial charge < -0.3 is 10.7 Å². The molecule has 0 atom stereocenters. The molecule has 2 rings (SSSR count). The second-order valence-electron chi connectivity index (χ2n) is 3.75. The first-order chi connectivity index (χ1) is 9.63. The minimum atomic E-state index is -0.602. The van der Waals surface area contributed by atoms with Crippen LogP contribution in [0.1, 0.15) is 15.2 Å². The van der Waals surface area contributed by atoms with Crippen LogP contribution in [-0.4, -0.2) is 15.8 Å². The van der Waals surface area contributed by atoms with Gasteiger partial charge in [0.2, 0.25) is 0 Å². The zero-order valence-electron chi connectivity index (χ0n) is 10.2. The van der Waals surface area contributed by atoms with Gasteiger partial charge in [0.15, 0.2) is 0 Å². The van der Waals surface area contributed by atoms with E-state index in [4.69, 9.17) is 5.84 Å². The molecule has 104 valence electrons. The fraction of sp³-hybridized carbons (Fsp3) is 0.0909. The molecule has 1 heterocycles. The number of hydrogen-bond acceptors (Lipinski definition) is 7. The number of nitrogens with two attached hydrogens (primary N) is 1. The van der Waals surface area contributed by atoms with Crippen LogP contribution in [0.5, 0.6) is 0 Å². The number of hydrazine groups is 1. The second kappa shape index (κ2) is 6.08. The summed E-state index contributed by atoms with van der Waals surface area (Å²) in [5.74, 6) is 4.83. The van der Waals surface area contributed by atoms with E-state index < -0.39 is 10.8 Å². The summed E-state index contributed by atoms with van der Waals surface area (Å²) in [5, 5.41) is 13.5. The Hall–Kier alpha value is -2.52. The first kappa shape index (κ1) is 13.9. The predicted octanol–water partition coefficient (Wildman–Crippen LogP) is 1.27. The first-order valence-corrected chi connectivity index (χ1v) is 6.41. The summed E-state index contributed by atoms with van der Waals surface area (Å²) in [7, 11) is 0. The lowest BCUT2D eigenvalue weighted by atomic mass is 10.1. The standard InChI is InChI=1S/C11H11N5O3S/c12-15-10-8(2-1-3-9(10)16(18)19)11(17)14-5-7-4-13-6-20-7/h1-4,6,15H,5,12H2,(H,14,17). The topological polar surface area (TPSA) is 123 Å². The molecular weight excluding hydrogens is 282 g/mol. The van der Waals surface area contributed by atoms with Crippen molar-refractivity contribution in [3.05, 3.63) is 50.5 Å². The molecule has 0 spiro atoms. The first-order valence-electron chi connectivity index (χ1n) is 5.53. The molecule has 1 aromatic heterocycles. The number of benzene rings is 1. The Morgan fingerprint density at radius 1 is 1.50 bits per heavy atom. The van der Waals surface area contributed by atoms with Crippen LogP contribution in [0.25, 0.3) is 0 Å². The number of nitrogens with zero attached hydrogens (tertiary/aromatic N) is 2. The van der Waals surface area contributed by atoms with E-state index >= 15 is 0 Å². The van der Waals surface area contributed by atoms with Crippen molar-refractivity contribution >= 4 is 28.6 Å². The highest BCUT2D eigenvalue weighted by Gasteiger charge is 2.20. The van der Waals surface area contributed by atoms with Crippen molar-refractivity contribution in [2.45, 2.75) is 6.54 Å². The molecule has 0 bridgehead atoms. The van der Waals surface area contributed by atoms with Gasteiger partial charge in [-0.1, -0.05) is 6.07 Å². The van der Waals surface area contributed by atoms with Crippen molar-refractivity contribution in [2.24, 2.45) is 5.84 Å². The number of nitro benzene ring substituents is 1. The molecule has 0 aliphatic heterocycles. The number of aromatic nitrogens is 1. The van der Waals surface area contributed by atoms with Crippen LogP contribution < -0.4 is 16.6 Å². The number of carbonyl (C=O) groups excluding carboxylic acids is 1. The molecule has 20 heavy (non-hydrogen) atoms. The summed E-state index contributed by atoms with van der Waals surface area (Å²) in [5.41, 5.74) is 3.71. The van der Waals surface area contributed by atoms with Crippen LogP contribution in [0.4, 0.5) is 11.4 Å². The quantitative estimate of drug-likeness (QED) is 0.433. The Morgan fingerprint density at radius 2 is 2.30 bits per heavy atom. The highest BCUT2D eigenvalue weighted by Crippen LogP contribution is 2.27. The monoisotopic (exact) mass is 293 g/mol. The molecular formula is C11H11N5O3S. The Bertz CT molecular complexity index is 629. The SMILES string of the molecule is NNc1c(C(=O)NCc2cncs2)cccc1[N+](=O)[O-]. The minimum Gasteiger partial charge on any atom is -0.347 e. The number of nitrogens with one attached hydrogen (secondary N) is 2. The summed E-state index contributed by atoms with van der Waals surface area (Å²) >= 11 is 1.40. The third-order valence-electron chi connectivity index (χ3n) is 2.53. The maximum Gasteiger partial charge on any atom is 0.294 e. The van der Waals surface area contributed by atoms with Gasteiger partial charge in [-0.2, -0.15) is 0 Å². The molecule has 0 fully saturated rings. The smallest absolute Gasteiger partial charge is 0.294 e. The van der Waals surface area contributed by atoms with Crippen molar-refractivity contribution in [3.63, 3.8) is 0 Å². The number of thiazole rings is 1. The highest BCUT2D eigenvalue weighted by molar-refractivity contribution is 7.09. The van der Waals surface area contributed by atoms with Crippen molar-refractivity contribution < 1.29 is 9.72 Å². The third-order valence-corrected chi connectivity index (χ3v) is 3.31. The number of para-hydroxylation sites is 1. The summed E-state index contributed by atoms with van der Waals surface area (Å²) in [4.78, 5) is 27.1. The maximum absolute atomic E-state index is 12.0. The minimum absolute atomic E-state index is 0.0145. The third kappa shape index (κ3) is 2.90. The summed E-state index contributed by atoms with van der Waals surface area (Å²) < 4.78 is 0. The highest BCUT2D eigenvalue weighted by atomic mass is 32.1. The van der Waals surface area contributed by atoms with Crippen LogP contribution in [0.2, 0.25) is 0 Å². The molecule has 0 unspecified atom stereocenters. The number of carbonyl (C=O) groups is 1. The number of nitrogen functional groups attached to an aromatic ring is 1. The van der Waals surface area contributed by atoms with Crippen LogP contribution >= 0.6 is 11.3 Å². The largest absolute Gasteiger partial charge is 0.347 e. The van der Waals surface area contributed by atoms with Gasteiger partial charge in [-0.05, 0) is 6.07 Å². The van der Waals surface area contributed by atoms with E-state index in [1.165, 1.54) is 29.5 Å². The van der Waals surface area contributed by atoms with Gasteiger partial charge >= 0.3 is 0 Å². The van der Waals surface area contributed by atoms with Gasteiger partial charge in [0.1, 0.15) is 5.69 Å². The normalized spacial score (nSPS) is 10.1. The van der Waals surface area contributed by atoms with Gasteiger partial charge in [-0.15, -0.1) is 11.3 Å². The Balaban J connectivity index is 2.21. The zero-order valence-corrected chi connectivity index (χ0v) is 11.0. The lowest BCUT2D eigenvalue weighted by molar-refractivity contribution is -0.384. The fourth-order valence-corrected chi connectivity index (χ4v) is 2.16. The van der Waals surface area contributed by atoms with Gasteiger partial charge in [0.25, 0.3) is 11.6 Å². The van der Waals surface area contributed by atoms with E-state index in [2.05, 4.69) is 15.7 Å². The van der Waals surface area contributed by atoms with Crippen molar-refractivity contribution in [3.8, 4) is 0 Å². The summed E-state index contributed by atoms with van der Waals surface area (Å²) in [6, 6.07) is 4.17. The van der Waals surface area contributed by atoms with Crippen LogP contribution in [0, 0.1) is 10.1 Å². The Morgan fingerprint density at radius 3 is 2.90 bits per heavy atom. The van der Waals surface area contributed by atoms with Crippen molar-refractivity contribution in [1.29, 1.82) is 0 Å². The van der Waals surface area contributed by atoms with Crippen molar-refractivity contribution in [2.75, 3.05) is 5.43 Å². The zero-order chi connectivity index (χ0) is 14.5. The molecule has 0 saturated carbocycles. The van der Waals surface area contributed by atoms with E-state index in [9.17, 15) is 14.9 Å². The van der Waals surface area contributed by atoms with Gasteiger partial charge in [-0.25, -0.2) is 0 Å². The van der Waals surface area contributed by atoms with E-state index in [1.807, 2.05) is 0 Å². The second-order valence-corrected chi connectivity index (χ2v) is 4.72. The molecule has 1 amide bonds. The lowest BCUT2D eigenvalue weighted by Gasteiger charge is -2.09. The average molecular weight is 293 g/mol.